The summed E-state index contributed by atoms with van der Waals surface area (Å²) in [5.41, 5.74) is 4.63. The maximum atomic E-state index is 11.3. The molecule has 0 bridgehead atoms. The van der Waals surface area contributed by atoms with E-state index in [4.69, 9.17) is 15.6 Å². The molecular weight excluding hydrogens is 240 g/mol. The molecule has 1 atom stereocenters. The van der Waals surface area contributed by atoms with Crippen molar-refractivity contribution >= 4 is 17.8 Å². The van der Waals surface area contributed by atoms with Crippen LogP contribution in [0.15, 0.2) is 0 Å². The van der Waals surface area contributed by atoms with E-state index < -0.39 is 29.5 Å². The average molecular weight is 260 g/mol. The Morgan fingerprint density at radius 3 is 2.33 bits per heavy atom. The molecule has 4 N–H and O–H groups in total. The van der Waals surface area contributed by atoms with Crippen LogP contribution in [0.2, 0.25) is 0 Å². The standard InChI is InChI=1S/C11H20N2O5/c1-11(2,3)18-9(15)6-13-8(14)5-4-7(12)10(16)17/h7H,4-6,12H2,1-3H3,(H,13,14)(H,16,17)/t7-/m0/s1. The second-order valence-electron chi connectivity index (χ2n) is 4.85. The summed E-state index contributed by atoms with van der Waals surface area (Å²) in [5.74, 6) is -2.13. The number of nitrogens with two attached hydrogens (primary N) is 1. The first-order valence-electron chi connectivity index (χ1n) is 5.59. The van der Waals surface area contributed by atoms with E-state index in [1.165, 1.54) is 0 Å². The second-order valence-corrected chi connectivity index (χ2v) is 4.85. The van der Waals surface area contributed by atoms with Crippen LogP contribution in [0.3, 0.4) is 0 Å². The molecule has 18 heavy (non-hydrogen) atoms. The fourth-order valence-corrected chi connectivity index (χ4v) is 1.05. The second kappa shape index (κ2) is 6.95. The molecule has 0 saturated carbocycles. The zero-order valence-corrected chi connectivity index (χ0v) is 10.9. The van der Waals surface area contributed by atoms with Gasteiger partial charge in [0.15, 0.2) is 0 Å². The number of nitrogens with one attached hydrogen (secondary N) is 1. The van der Waals surface area contributed by atoms with Crippen molar-refractivity contribution in [1.29, 1.82) is 0 Å². The number of aliphatic carboxylic acids is 1. The third-order valence-corrected chi connectivity index (χ3v) is 1.85. The number of hydrogen-bond acceptors (Lipinski definition) is 5. The Kier molecular flexibility index (Phi) is 6.32. The van der Waals surface area contributed by atoms with Gasteiger partial charge in [0.2, 0.25) is 5.91 Å². The molecule has 0 aromatic heterocycles. The van der Waals surface area contributed by atoms with Gasteiger partial charge in [-0.15, -0.1) is 0 Å². The van der Waals surface area contributed by atoms with E-state index in [-0.39, 0.29) is 19.4 Å². The Balaban J connectivity index is 3.84. The van der Waals surface area contributed by atoms with Crippen molar-refractivity contribution in [1.82, 2.24) is 5.32 Å². The zero-order valence-electron chi connectivity index (χ0n) is 10.9. The summed E-state index contributed by atoms with van der Waals surface area (Å²) < 4.78 is 4.98. The first kappa shape index (κ1) is 16.4. The molecule has 0 aliphatic rings. The molecule has 0 heterocycles. The van der Waals surface area contributed by atoms with Gasteiger partial charge in [-0.1, -0.05) is 0 Å². The van der Waals surface area contributed by atoms with E-state index >= 15 is 0 Å². The van der Waals surface area contributed by atoms with Crippen LogP contribution in [0.1, 0.15) is 33.6 Å². The zero-order chi connectivity index (χ0) is 14.3. The number of hydrogen-bond donors (Lipinski definition) is 3. The van der Waals surface area contributed by atoms with Crippen LogP contribution in [0, 0.1) is 0 Å². The molecule has 104 valence electrons. The van der Waals surface area contributed by atoms with Crippen LogP contribution < -0.4 is 11.1 Å². The molecule has 0 unspecified atom stereocenters. The summed E-state index contributed by atoms with van der Waals surface area (Å²) in [4.78, 5) is 32.9. The van der Waals surface area contributed by atoms with Crippen LogP contribution in [-0.4, -0.2) is 41.1 Å². The van der Waals surface area contributed by atoms with Crippen LogP contribution in [0.5, 0.6) is 0 Å². The van der Waals surface area contributed by atoms with Gasteiger partial charge in [-0.3, -0.25) is 14.4 Å². The monoisotopic (exact) mass is 260 g/mol. The topological polar surface area (TPSA) is 119 Å². The van der Waals surface area contributed by atoms with Crippen molar-refractivity contribution in [3.63, 3.8) is 0 Å². The van der Waals surface area contributed by atoms with Gasteiger partial charge in [0.25, 0.3) is 0 Å². The van der Waals surface area contributed by atoms with Gasteiger partial charge in [0.1, 0.15) is 18.2 Å². The van der Waals surface area contributed by atoms with Crippen LogP contribution in [-0.2, 0) is 19.1 Å². The third-order valence-electron chi connectivity index (χ3n) is 1.85. The molecule has 0 aromatic carbocycles. The predicted octanol–water partition coefficient (Wildman–Crippen LogP) is -0.364. The van der Waals surface area contributed by atoms with Crippen LogP contribution in [0.25, 0.3) is 0 Å². The number of carboxylic acid groups (broad SMARTS) is 1. The minimum absolute atomic E-state index is 0.0233. The smallest absolute Gasteiger partial charge is 0.325 e. The highest BCUT2D eigenvalue weighted by atomic mass is 16.6. The average Bonchev–Trinajstić information content (AvgIpc) is 2.20. The Labute approximate surface area is 106 Å². The first-order valence-corrected chi connectivity index (χ1v) is 5.59. The summed E-state index contributed by atoms with van der Waals surface area (Å²) in [5, 5.41) is 10.8. The van der Waals surface area contributed by atoms with Crippen LogP contribution >= 0.6 is 0 Å². The van der Waals surface area contributed by atoms with Crippen molar-refractivity contribution in [2.45, 2.75) is 45.3 Å². The molecule has 0 aromatic rings. The van der Waals surface area contributed by atoms with Crippen molar-refractivity contribution < 1.29 is 24.2 Å². The minimum atomic E-state index is -1.16. The van der Waals surface area contributed by atoms with Gasteiger partial charge in [-0.2, -0.15) is 0 Å². The van der Waals surface area contributed by atoms with Gasteiger partial charge in [-0.05, 0) is 27.2 Å². The lowest BCUT2D eigenvalue weighted by molar-refractivity contribution is -0.154. The molecule has 0 aliphatic heterocycles. The highest BCUT2D eigenvalue weighted by Gasteiger charge is 2.17. The van der Waals surface area contributed by atoms with Crippen molar-refractivity contribution in [3.05, 3.63) is 0 Å². The predicted molar refractivity (Wildman–Crippen MR) is 63.7 cm³/mol. The highest BCUT2D eigenvalue weighted by Crippen LogP contribution is 2.06. The summed E-state index contributed by atoms with van der Waals surface area (Å²) >= 11 is 0. The molecular formula is C11H20N2O5. The largest absolute Gasteiger partial charge is 0.480 e. The summed E-state index contributed by atoms with van der Waals surface area (Å²) in [7, 11) is 0. The molecule has 0 fully saturated rings. The quantitative estimate of drug-likeness (QED) is 0.561. The lowest BCUT2D eigenvalue weighted by Crippen LogP contribution is -2.36. The fourth-order valence-electron chi connectivity index (χ4n) is 1.05. The number of amides is 1. The van der Waals surface area contributed by atoms with Crippen molar-refractivity contribution in [2.24, 2.45) is 5.73 Å². The van der Waals surface area contributed by atoms with E-state index in [2.05, 4.69) is 5.32 Å². The van der Waals surface area contributed by atoms with Gasteiger partial charge in [0.05, 0.1) is 0 Å². The van der Waals surface area contributed by atoms with E-state index in [1.807, 2.05) is 0 Å². The number of carboxylic acids is 1. The Hall–Kier alpha value is -1.63. The molecule has 7 nitrogen and oxygen atoms in total. The molecule has 0 aliphatic carbocycles. The fraction of sp³-hybridized carbons (Fsp3) is 0.727. The van der Waals surface area contributed by atoms with E-state index in [0.29, 0.717) is 0 Å². The van der Waals surface area contributed by atoms with E-state index in [0.717, 1.165) is 0 Å². The molecule has 7 heteroatoms. The number of esters is 1. The lowest BCUT2D eigenvalue weighted by atomic mass is 10.1. The number of carbonyl (C=O) groups excluding carboxylic acids is 2. The number of ether oxygens (including phenoxy) is 1. The molecule has 0 saturated heterocycles. The summed E-state index contributed by atoms with van der Waals surface area (Å²) in [6.07, 6.45) is -0.0221. The SMILES string of the molecule is CC(C)(C)OC(=O)CNC(=O)CC[C@H](N)C(=O)O. The van der Waals surface area contributed by atoms with Gasteiger partial charge >= 0.3 is 11.9 Å². The maximum absolute atomic E-state index is 11.3. The minimum Gasteiger partial charge on any atom is -0.480 e. The number of rotatable bonds is 6. The summed E-state index contributed by atoms with van der Waals surface area (Å²) in [6.45, 7) is 4.92. The maximum Gasteiger partial charge on any atom is 0.325 e. The normalized spacial score (nSPS) is 12.7. The Bertz CT molecular complexity index is 322. The Morgan fingerprint density at radius 1 is 1.33 bits per heavy atom. The molecule has 0 rings (SSSR count). The van der Waals surface area contributed by atoms with E-state index in [1.54, 1.807) is 20.8 Å². The van der Waals surface area contributed by atoms with Crippen molar-refractivity contribution in [2.75, 3.05) is 6.54 Å². The Morgan fingerprint density at radius 2 is 1.89 bits per heavy atom. The van der Waals surface area contributed by atoms with E-state index in [9.17, 15) is 14.4 Å². The summed E-state index contributed by atoms with van der Waals surface area (Å²) in [6, 6.07) is -1.07. The molecule has 0 spiro atoms. The number of carbonyl (C=O) groups is 3. The lowest BCUT2D eigenvalue weighted by Gasteiger charge is -2.19. The highest BCUT2D eigenvalue weighted by molar-refractivity contribution is 5.82. The first-order chi connectivity index (χ1) is 8.11. The van der Waals surface area contributed by atoms with Gasteiger partial charge in [0, 0.05) is 6.42 Å². The third kappa shape index (κ3) is 8.51. The molecule has 0 radical (unpaired) electrons. The van der Waals surface area contributed by atoms with Gasteiger partial charge < -0.3 is 20.9 Å². The molecule has 1 amide bonds. The van der Waals surface area contributed by atoms with Crippen LogP contribution in [0.4, 0.5) is 0 Å². The van der Waals surface area contributed by atoms with Gasteiger partial charge in [-0.25, -0.2) is 0 Å². The van der Waals surface area contributed by atoms with Crippen molar-refractivity contribution in [3.8, 4) is 0 Å².